The van der Waals surface area contributed by atoms with Gasteiger partial charge in [-0.2, -0.15) is 0 Å². The summed E-state index contributed by atoms with van der Waals surface area (Å²) in [5.41, 5.74) is 0.619. The minimum Gasteiger partial charge on any atom is -0.481 e. The van der Waals surface area contributed by atoms with Gasteiger partial charge in [0.15, 0.2) is 0 Å². The average molecular weight is 317 g/mol. The molecule has 17 heavy (non-hydrogen) atoms. The molecule has 0 amide bonds. The maximum absolute atomic E-state index is 12.1. The molecule has 0 saturated heterocycles. The first kappa shape index (κ1) is 12.3. The van der Waals surface area contributed by atoms with Gasteiger partial charge in [-0.15, -0.1) is 0 Å². The van der Waals surface area contributed by atoms with Crippen molar-refractivity contribution in [2.45, 2.75) is 17.7 Å². The van der Waals surface area contributed by atoms with Gasteiger partial charge in [-0.3, -0.25) is 4.79 Å². The number of carboxylic acids is 1. The lowest BCUT2D eigenvalue weighted by Gasteiger charge is -2.02. The Morgan fingerprint density at radius 2 is 2.06 bits per heavy atom. The lowest BCUT2D eigenvalue weighted by Crippen LogP contribution is -2.03. The number of halogens is 1. The Balaban J connectivity index is 2.39. The summed E-state index contributed by atoms with van der Waals surface area (Å²) in [6.07, 6.45) is 1.39. The van der Waals surface area contributed by atoms with E-state index in [2.05, 4.69) is 15.9 Å². The number of aliphatic carboxylic acids is 1. The summed E-state index contributed by atoms with van der Waals surface area (Å²) in [5.74, 6) is -1.00. The molecule has 1 aromatic carbocycles. The SMILES string of the molecule is O=C(O)CCC1=Cc2ccc(Br)cc2S1(=O)=O. The molecule has 0 bridgehead atoms. The van der Waals surface area contributed by atoms with Crippen LogP contribution >= 0.6 is 15.9 Å². The van der Waals surface area contributed by atoms with Crippen LogP contribution in [0.25, 0.3) is 6.08 Å². The minimum atomic E-state index is -3.50. The van der Waals surface area contributed by atoms with E-state index >= 15 is 0 Å². The fourth-order valence-electron chi connectivity index (χ4n) is 1.69. The van der Waals surface area contributed by atoms with E-state index in [0.717, 1.165) is 0 Å². The number of carbonyl (C=O) groups is 1. The smallest absolute Gasteiger partial charge is 0.303 e. The van der Waals surface area contributed by atoms with E-state index in [9.17, 15) is 13.2 Å². The number of hydrogen-bond acceptors (Lipinski definition) is 3. The van der Waals surface area contributed by atoms with E-state index in [-0.39, 0.29) is 22.6 Å². The maximum Gasteiger partial charge on any atom is 0.303 e. The predicted molar refractivity (Wildman–Crippen MR) is 66.2 cm³/mol. The molecule has 1 aliphatic heterocycles. The number of fused-ring (bicyclic) bond motifs is 1. The molecule has 1 aromatic rings. The number of sulfone groups is 1. The van der Waals surface area contributed by atoms with Crippen LogP contribution in [0.4, 0.5) is 0 Å². The molecule has 0 atom stereocenters. The first-order valence-electron chi connectivity index (χ1n) is 4.88. The quantitative estimate of drug-likeness (QED) is 0.929. The van der Waals surface area contributed by atoms with Gasteiger partial charge < -0.3 is 5.11 Å². The van der Waals surface area contributed by atoms with Gasteiger partial charge in [0.25, 0.3) is 0 Å². The molecule has 0 unspecified atom stereocenters. The Morgan fingerprint density at radius 1 is 1.35 bits per heavy atom. The second-order valence-corrected chi connectivity index (χ2v) is 6.58. The summed E-state index contributed by atoms with van der Waals surface area (Å²) >= 11 is 3.22. The van der Waals surface area contributed by atoms with Crippen molar-refractivity contribution in [1.29, 1.82) is 0 Å². The second kappa shape index (κ2) is 4.27. The summed E-state index contributed by atoms with van der Waals surface area (Å²) < 4.78 is 24.8. The second-order valence-electron chi connectivity index (χ2n) is 3.69. The largest absolute Gasteiger partial charge is 0.481 e. The molecule has 0 aromatic heterocycles. The average Bonchev–Trinajstić information content (AvgIpc) is 2.48. The van der Waals surface area contributed by atoms with Crippen LogP contribution in [0.1, 0.15) is 18.4 Å². The molecule has 6 heteroatoms. The van der Waals surface area contributed by atoms with Crippen molar-refractivity contribution in [2.75, 3.05) is 0 Å². The molecule has 0 radical (unpaired) electrons. The van der Waals surface area contributed by atoms with Crippen LogP contribution < -0.4 is 0 Å². The van der Waals surface area contributed by atoms with Crippen LogP contribution in [0, 0.1) is 0 Å². The molecule has 1 aliphatic rings. The van der Waals surface area contributed by atoms with E-state index in [1.165, 1.54) is 6.07 Å². The van der Waals surface area contributed by atoms with Gasteiger partial charge >= 0.3 is 5.97 Å². The van der Waals surface area contributed by atoms with E-state index in [1.54, 1.807) is 18.2 Å². The van der Waals surface area contributed by atoms with Gasteiger partial charge in [0.05, 0.1) is 16.2 Å². The first-order valence-corrected chi connectivity index (χ1v) is 7.16. The van der Waals surface area contributed by atoms with E-state index in [4.69, 9.17) is 5.11 Å². The zero-order valence-electron chi connectivity index (χ0n) is 8.68. The lowest BCUT2D eigenvalue weighted by molar-refractivity contribution is -0.136. The van der Waals surface area contributed by atoms with Gasteiger partial charge in [-0.05, 0) is 30.2 Å². The van der Waals surface area contributed by atoms with Crippen LogP contribution in [0.2, 0.25) is 0 Å². The zero-order chi connectivity index (χ0) is 12.6. The van der Waals surface area contributed by atoms with Gasteiger partial charge in [0, 0.05) is 4.47 Å². The third kappa shape index (κ3) is 2.28. The summed E-state index contributed by atoms with van der Waals surface area (Å²) in [7, 11) is -3.50. The number of carboxylic acid groups (broad SMARTS) is 1. The molecular weight excluding hydrogens is 308 g/mol. The van der Waals surface area contributed by atoms with Crippen LogP contribution in [0.15, 0.2) is 32.5 Å². The van der Waals surface area contributed by atoms with Crippen molar-refractivity contribution in [3.63, 3.8) is 0 Å². The van der Waals surface area contributed by atoms with Gasteiger partial charge in [0.1, 0.15) is 0 Å². The van der Waals surface area contributed by atoms with Crippen molar-refractivity contribution in [3.05, 3.63) is 33.1 Å². The lowest BCUT2D eigenvalue weighted by atomic mass is 10.2. The number of benzene rings is 1. The van der Waals surface area contributed by atoms with Crippen LogP contribution in [0.5, 0.6) is 0 Å². The fraction of sp³-hybridized carbons (Fsp3) is 0.182. The minimum absolute atomic E-state index is 0.0317. The van der Waals surface area contributed by atoms with Crippen molar-refractivity contribution < 1.29 is 18.3 Å². The van der Waals surface area contributed by atoms with Gasteiger partial charge in [-0.25, -0.2) is 8.42 Å². The molecule has 0 aliphatic carbocycles. The highest BCUT2D eigenvalue weighted by molar-refractivity contribution is 9.10. The monoisotopic (exact) mass is 316 g/mol. The normalized spacial score (nSPS) is 16.4. The predicted octanol–water partition coefficient (Wildman–Crippen LogP) is 2.44. The summed E-state index contributed by atoms with van der Waals surface area (Å²) in [6, 6.07) is 4.99. The van der Waals surface area contributed by atoms with Crippen molar-refractivity contribution in [2.24, 2.45) is 0 Å². The van der Waals surface area contributed by atoms with Gasteiger partial charge in [-0.1, -0.05) is 22.0 Å². The maximum atomic E-state index is 12.1. The molecule has 4 nitrogen and oxygen atoms in total. The molecule has 0 saturated carbocycles. The first-order chi connectivity index (χ1) is 7.91. The number of rotatable bonds is 3. The highest BCUT2D eigenvalue weighted by Gasteiger charge is 2.29. The Kier molecular flexibility index (Phi) is 3.09. The highest BCUT2D eigenvalue weighted by atomic mass is 79.9. The van der Waals surface area contributed by atoms with E-state index in [0.29, 0.717) is 10.0 Å². The summed E-state index contributed by atoms with van der Waals surface area (Å²) in [6.45, 7) is 0. The highest BCUT2D eigenvalue weighted by Crippen LogP contribution is 2.36. The summed E-state index contributed by atoms with van der Waals surface area (Å²) in [5, 5.41) is 8.58. The third-order valence-electron chi connectivity index (χ3n) is 2.51. The molecule has 90 valence electrons. The van der Waals surface area contributed by atoms with E-state index in [1.807, 2.05) is 0 Å². The van der Waals surface area contributed by atoms with Crippen molar-refractivity contribution in [1.82, 2.24) is 0 Å². The van der Waals surface area contributed by atoms with Crippen LogP contribution in [0.3, 0.4) is 0 Å². The van der Waals surface area contributed by atoms with Crippen LogP contribution in [-0.4, -0.2) is 19.5 Å². The Morgan fingerprint density at radius 3 is 2.71 bits per heavy atom. The fourth-order valence-corrected chi connectivity index (χ4v) is 3.86. The number of allylic oxidation sites excluding steroid dienone is 1. The Hall–Kier alpha value is -1.14. The van der Waals surface area contributed by atoms with Gasteiger partial charge in [0.2, 0.25) is 9.84 Å². The summed E-state index contributed by atoms with van der Waals surface area (Å²) in [4.78, 5) is 10.9. The number of hydrogen-bond donors (Lipinski definition) is 1. The topological polar surface area (TPSA) is 71.4 Å². The molecular formula is C11H9BrO4S. The van der Waals surface area contributed by atoms with Crippen molar-refractivity contribution in [3.8, 4) is 0 Å². The Bertz CT molecular complexity index is 616. The molecule has 1 heterocycles. The zero-order valence-corrected chi connectivity index (χ0v) is 11.1. The van der Waals surface area contributed by atoms with E-state index < -0.39 is 15.8 Å². The standard InChI is InChI=1S/C11H9BrO4S/c12-8-2-1-7-5-9(3-4-11(13)14)17(15,16)10(7)6-8/h1-2,5-6H,3-4H2,(H,13,14). The molecule has 0 fully saturated rings. The molecule has 0 spiro atoms. The molecule has 1 N–H and O–H groups in total. The van der Waals surface area contributed by atoms with Crippen molar-refractivity contribution >= 4 is 37.8 Å². The van der Waals surface area contributed by atoms with Crippen LogP contribution in [-0.2, 0) is 14.6 Å². The third-order valence-corrected chi connectivity index (χ3v) is 4.95. The molecule has 2 rings (SSSR count). The Labute approximate surface area is 107 Å².